The van der Waals surface area contributed by atoms with Crippen LogP contribution >= 0.6 is 23.2 Å². The molecule has 0 aliphatic carbocycles. The minimum absolute atomic E-state index is 0.0937. The van der Waals surface area contributed by atoms with E-state index in [-0.39, 0.29) is 10.4 Å². The molecule has 0 unspecified atom stereocenters. The predicted octanol–water partition coefficient (Wildman–Crippen LogP) is 2.32. The predicted molar refractivity (Wildman–Crippen MR) is 70.7 cm³/mol. The first kappa shape index (κ1) is 14.4. The fraction of sp³-hybridized carbons (Fsp3) is 0.700. The second-order valence-electron chi connectivity index (χ2n) is 4.07. The van der Waals surface area contributed by atoms with Gasteiger partial charge in [-0.25, -0.2) is 0 Å². The number of rotatable bonds is 6. The van der Waals surface area contributed by atoms with E-state index in [9.17, 15) is 0 Å². The maximum atomic E-state index is 5.82. The lowest BCUT2D eigenvalue weighted by molar-refractivity contribution is 0.273. The third-order valence-corrected chi connectivity index (χ3v) is 2.90. The van der Waals surface area contributed by atoms with Crippen molar-refractivity contribution in [3.8, 4) is 0 Å². The van der Waals surface area contributed by atoms with Crippen LogP contribution in [0.25, 0.3) is 0 Å². The molecule has 0 radical (unpaired) electrons. The maximum absolute atomic E-state index is 5.82. The van der Waals surface area contributed by atoms with Crippen molar-refractivity contribution in [2.75, 3.05) is 25.5 Å². The third kappa shape index (κ3) is 5.02. The van der Waals surface area contributed by atoms with E-state index in [1.54, 1.807) is 0 Å². The number of nitrogens with zero attached hydrogens (tertiary/aromatic N) is 4. The van der Waals surface area contributed by atoms with Crippen molar-refractivity contribution in [1.82, 2.24) is 20.1 Å². The van der Waals surface area contributed by atoms with Gasteiger partial charge in [-0.3, -0.25) is 0 Å². The van der Waals surface area contributed by atoms with E-state index in [0.717, 1.165) is 19.5 Å². The van der Waals surface area contributed by atoms with E-state index >= 15 is 0 Å². The summed E-state index contributed by atoms with van der Waals surface area (Å²) in [5, 5.41) is 10.6. The monoisotopic (exact) mass is 277 g/mol. The number of anilines is 1. The molecular formula is C10H17Cl2N5. The van der Waals surface area contributed by atoms with Crippen LogP contribution in [0.3, 0.4) is 0 Å². The van der Waals surface area contributed by atoms with Crippen molar-refractivity contribution in [2.45, 2.75) is 26.3 Å². The topological polar surface area (TPSA) is 53.9 Å². The number of nitrogens with one attached hydrogen (secondary N) is 1. The molecule has 1 heterocycles. The molecule has 0 aromatic carbocycles. The van der Waals surface area contributed by atoms with Crippen LogP contribution in [0.15, 0.2) is 0 Å². The molecule has 1 rings (SSSR count). The fourth-order valence-electron chi connectivity index (χ4n) is 1.20. The molecule has 96 valence electrons. The highest BCUT2D eigenvalue weighted by Gasteiger charge is 2.06. The molecular weight excluding hydrogens is 261 g/mol. The van der Waals surface area contributed by atoms with Crippen LogP contribution in [-0.4, -0.2) is 46.3 Å². The van der Waals surface area contributed by atoms with Gasteiger partial charge >= 0.3 is 0 Å². The van der Waals surface area contributed by atoms with Gasteiger partial charge in [0, 0.05) is 12.6 Å². The Balaban J connectivity index is 2.33. The molecule has 0 atom stereocenters. The molecule has 5 nitrogen and oxygen atoms in total. The van der Waals surface area contributed by atoms with Gasteiger partial charge < -0.3 is 10.2 Å². The zero-order chi connectivity index (χ0) is 12.8. The summed E-state index contributed by atoms with van der Waals surface area (Å²) in [6, 6.07) is 0.550. The zero-order valence-corrected chi connectivity index (χ0v) is 11.8. The third-order valence-electron chi connectivity index (χ3n) is 2.48. The van der Waals surface area contributed by atoms with Crippen molar-refractivity contribution in [3.63, 3.8) is 0 Å². The Kier molecular flexibility index (Phi) is 5.88. The summed E-state index contributed by atoms with van der Waals surface area (Å²) in [7, 11) is 2.10. The summed E-state index contributed by atoms with van der Waals surface area (Å²) in [4.78, 5) is 6.23. The minimum atomic E-state index is 0.0937. The standard InChI is InChI=1S/C10H17Cl2N5/c1-7(2)17(3)6-4-5-13-9-8(11)15-16-10(12)14-9/h7H,4-6H2,1-3H3,(H,13,14,16). The Hall–Kier alpha value is -0.650. The molecule has 0 bridgehead atoms. The lowest BCUT2D eigenvalue weighted by Crippen LogP contribution is -2.28. The SMILES string of the molecule is CC(C)N(C)CCCNc1nc(Cl)nnc1Cl. The molecule has 1 N–H and O–H groups in total. The van der Waals surface area contributed by atoms with Crippen LogP contribution < -0.4 is 5.32 Å². The summed E-state index contributed by atoms with van der Waals surface area (Å²) >= 11 is 11.5. The first-order valence-electron chi connectivity index (χ1n) is 5.50. The molecule has 0 aliphatic heterocycles. The van der Waals surface area contributed by atoms with Gasteiger partial charge in [-0.2, -0.15) is 4.98 Å². The zero-order valence-electron chi connectivity index (χ0n) is 10.2. The van der Waals surface area contributed by atoms with E-state index in [0.29, 0.717) is 11.9 Å². The fourth-order valence-corrected chi connectivity index (χ4v) is 1.47. The average Bonchev–Trinajstić information content (AvgIpc) is 2.28. The molecule has 0 spiro atoms. The van der Waals surface area contributed by atoms with Crippen molar-refractivity contribution < 1.29 is 0 Å². The van der Waals surface area contributed by atoms with Crippen molar-refractivity contribution in [1.29, 1.82) is 0 Å². The smallest absolute Gasteiger partial charge is 0.245 e. The van der Waals surface area contributed by atoms with Gasteiger partial charge in [0.25, 0.3) is 0 Å². The van der Waals surface area contributed by atoms with Gasteiger partial charge in [-0.1, -0.05) is 11.6 Å². The molecule has 7 heteroatoms. The first-order valence-corrected chi connectivity index (χ1v) is 6.26. The molecule has 0 amide bonds. The van der Waals surface area contributed by atoms with Crippen LogP contribution in [0.1, 0.15) is 20.3 Å². The van der Waals surface area contributed by atoms with E-state index in [2.05, 4.69) is 46.3 Å². The molecule has 0 fully saturated rings. The average molecular weight is 278 g/mol. The highest BCUT2D eigenvalue weighted by atomic mass is 35.5. The molecule has 0 saturated carbocycles. The molecule has 0 aliphatic rings. The molecule has 1 aromatic heterocycles. The highest BCUT2D eigenvalue weighted by Crippen LogP contribution is 2.16. The Labute approximate surface area is 112 Å². The van der Waals surface area contributed by atoms with Gasteiger partial charge in [0.15, 0.2) is 11.0 Å². The van der Waals surface area contributed by atoms with Gasteiger partial charge in [-0.15, -0.1) is 10.2 Å². The number of hydrogen-bond donors (Lipinski definition) is 1. The van der Waals surface area contributed by atoms with Gasteiger partial charge in [0.2, 0.25) is 5.28 Å². The minimum Gasteiger partial charge on any atom is -0.367 e. The second kappa shape index (κ2) is 6.93. The summed E-state index contributed by atoms with van der Waals surface area (Å²) in [5.74, 6) is 0.485. The van der Waals surface area contributed by atoms with Crippen LogP contribution in [0, 0.1) is 0 Å². The van der Waals surface area contributed by atoms with E-state index in [4.69, 9.17) is 23.2 Å². The normalized spacial score (nSPS) is 11.2. The molecule has 17 heavy (non-hydrogen) atoms. The van der Waals surface area contributed by atoms with E-state index < -0.39 is 0 Å². The van der Waals surface area contributed by atoms with Gasteiger partial charge in [0.1, 0.15) is 0 Å². The van der Waals surface area contributed by atoms with Crippen LogP contribution in [0.2, 0.25) is 10.4 Å². The molecule has 1 aromatic rings. The Morgan fingerprint density at radius 1 is 1.29 bits per heavy atom. The number of hydrogen-bond acceptors (Lipinski definition) is 5. The van der Waals surface area contributed by atoms with Gasteiger partial charge in [-0.05, 0) is 45.5 Å². The van der Waals surface area contributed by atoms with Crippen LogP contribution in [0.4, 0.5) is 5.82 Å². The van der Waals surface area contributed by atoms with Crippen LogP contribution in [0.5, 0.6) is 0 Å². The summed E-state index contributed by atoms with van der Waals surface area (Å²) in [6.45, 7) is 6.11. The maximum Gasteiger partial charge on any atom is 0.245 e. The highest BCUT2D eigenvalue weighted by molar-refractivity contribution is 6.32. The summed E-state index contributed by atoms with van der Waals surface area (Å²) in [6.07, 6.45) is 0.993. The van der Waals surface area contributed by atoms with Gasteiger partial charge in [0.05, 0.1) is 0 Å². The summed E-state index contributed by atoms with van der Waals surface area (Å²) in [5.41, 5.74) is 0. The lowest BCUT2D eigenvalue weighted by Gasteiger charge is -2.20. The molecule has 0 saturated heterocycles. The Morgan fingerprint density at radius 3 is 2.65 bits per heavy atom. The first-order chi connectivity index (χ1) is 8.00. The van der Waals surface area contributed by atoms with Crippen molar-refractivity contribution in [2.24, 2.45) is 0 Å². The Morgan fingerprint density at radius 2 is 2.00 bits per heavy atom. The van der Waals surface area contributed by atoms with Crippen molar-refractivity contribution in [3.05, 3.63) is 10.4 Å². The lowest BCUT2D eigenvalue weighted by atomic mass is 10.3. The van der Waals surface area contributed by atoms with E-state index in [1.165, 1.54) is 0 Å². The van der Waals surface area contributed by atoms with E-state index in [1.807, 2.05) is 0 Å². The van der Waals surface area contributed by atoms with Crippen LogP contribution in [-0.2, 0) is 0 Å². The second-order valence-corrected chi connectivity index (χ2v) is 4.77. The number of aromatic nitrogens is 3. The number of halogens is 2. The Bertz CT molecular complexity index is 359. The summed E-state index contributed by atoms with van der Waals surface area (Å²) < 4.78 is 0. The van der Waals surface area contributed by atoms with Crippen molar-refractivity contribution >= 4 is 29.0 Å². The largest absolute Gasteiger partial charge is 0.367 e. The quantitative estimate of drug-likeness (QED) is 0.809.